The van der Waals surface area contributed by atoms with E-state index in [1.54, 1.807) is 0 Å². The smallest absolute Gasteiger partial charge is 0.209 e. The summed E-state index contributed by atoms with van der Waals surface area (Å²) >= 11 is 4.77. The van der Waals surface area contributed by atoms with Crippen molar-refractivity contribution >= 4 is 27.5 Å². The van der Waals surface area contributed by atoms with Gasteiger partial charge in [0.25, 0.3) is 0 Å². The lowest BCUT2D eigenvalue weighted by Gasteiger charge is -2.21. The standard InChI is InChI=1S/C6H7BrN2S/c7-6-8-5(10-9-6)4-2-1-3-4/h4H,1-3H2. The third kappa shape index (κ3) is 1.10. The molecule has 1 aliphatic carbocycles. The maximum Gasteiger partial charge on any atom is 0.209 e. The van der Waals surface area contributed by atoms with Crippen LogP contribution in [0.5, 0.6) is 0 Å². The van der Waals surface area contributed by atoms with Gasteiger partial charge >= 0.3 is 0 Å². The Morgan fingerprint density at radius 3 is 2.70 bits per heavy atom. The maximum absolute atomic E-state index is 4.26. The second-order valence-electron chi connectivity index (χ2n) is 2.53. The quantitative estimate of drug-likeness (QED) is 0.725. The van der Waals surface area contributed by atoms with Crippen LogP contribution in [0.25, 0.3) is 0 Å². The lowest BCUT2D eigenvalue weighted by atomic mass is 9.86. The zero-order valence-corrected chi connectivity index (χ0v) is 7.78. The summed E-state index contributed by atoms with van der Waals surface area (Å²) in [5, 5.41) is 1.21. The van der Waals surface area contributed by atoms with Crippen molar-refractivity contribution in [3.05, 3.63) is 9.74 Å². The molecule has 1 aromatic heterocycles. The van der Waals surface area contributed by atoms with Crippen LogP contribution in [0.2, 0.25) is 0 Å². The molecule has 0 aromatic carbocycles. The molecule has 0 aliphatic heterocycles. The molecule has 4 heteroatoms. The first kappa shape index (κ1) is 6.73. The van der Waals surface area contributed by atoms with Crippen LogP contribution in [0.1, 0.15) is 30.2 Å². The van der Waals surface area contributed by atoms with Crippen molar-refractivity contribution in [2.45, 2.75) is 25.2 Å². The van der Waals surface area contributed by atoms with Gasteiger partial charge in [-0.3, -0.25) is 0 Å². The fourth-order valence-electron chi connectivity index (χ4n) is 1.04. The fraction of sp³-hybridized carbons (Fsp3) is 0.667. The van der Waals surface area contributed by atoms with Crippen molar-refractivity contribution in [2.75, 3.05) is 0 Å². The van der Waals surface area contributed by atoms with Crippen LogP contribution >= 0.6 is 27.5 Å². The molecule has 1 aromatic rings. The summed E-state index contributed by atoms with van der Waals surface area (Å²) in [6, 6.07) is 0. The minimum Gasteiger partial charge on any atom is -0.214 e. The second kappa shape index (κ2) is 2.58. The summed E-state index contributed by atoms with van der Waals surface area (Å²) in [5.74, 6) is 0.726. The van der Waals surface area contributed by atoms with E-state index < -0.39 is 0 Å². The summed E-state index contributed by atoms with van der Waals surface area (Å²) in [6.07, 6.45) is 3.98. The highest BCUT2D eigenvalue weighted by Crippen LogP contribution is 2.37. The van der Waals surface area contributed by atoms with E-state index in [2.05, 4.69) is 25.3 Å². The van der Waals surface area contributed by atoms with E-state index in [4.69, 9.17) is 0 Å². The first-order valence-corrected chi connectivity index (χ1v) is 4.92. The monoisotopic (exact) mass is 218 g/mol. The average Bonchev–Trinajstić information content (AvgIpc) is 2.10. The topological polar surface area (TPSA) is 25.8 Å². The molecule has 0 N–H and O–H groups in total. The third-order valence-electron chi connectivity index (χ3n) is 1.87. The van der Waals surface area contributed by atoms with Crippen LogP contribution in [0.3, 0.4) is 0 Å². The van der Waals surface area contributed by atoms with E-state index in [1.165, 1.54) is 35.8 Å². The summed E-state index contributed by atoms with van der Waals surface area (Å²) in [6.45, 7) is 0. The highest BCUT2D eigenvalue weighted by Gasteiger charge is 2.22. The molecular weight excluding hydrogens is 212 g/mol. The van der Waals surface area contributed by atoms with Gasteiger partial charge in [0.1, 0.15) is 5.01 Å². The maximum atomic E-state index is 4.26. The van der Waals surface area contributed by atoms with Gasteiger partial charge in [-0.2, -0.15) is 4.37 Å². The molecule has 0 unspecified atom stereocenters. The number of rotatable bonds is 1. The SMILES string of the molecule is Brc1nsc(C2CCC2)n1. The number of hydrogen-bond donors (Lipinski definition) is 0. The van der Waals surface area contributed by atoms with Gasteiger partial charge in [0.15, 0.2) is 0 Å². The van der Waals surface area contributed by atoms with E-state index in [-0.39, 0.29) is 0 Å². The van der Waals surface area contributed by atoms with Gasteiger partial charge in [0.2, 0.25) is 4.73 Å². The third-order valence-corrected chi connectivity index (χ3v) is 3.34. The molecule has 2 rings (SSSR count). The first-order valence-electron chi connectivity index (χ1n) is 3.35. The summed E-state index contributed by atoms with van der Waals surface area (Å²) in [4.78, 5) is 4.26. The highest BCUT2D eigenvalue weighted by atomic mass is 79.9. The summed E-state index contributed by atoms with van der Waals surface area (Å²) in [5.41, 5.74) is 0. The van der Waals surface area contributed by atoms with Gasteiger partial charge in [-0.15, -0.1) is 0 Å². The molecule has 0 atom stereocenters. The van der Waals surface area contributed by atoms with E-state index in [9.17, 15) is 0 Å². The van der Waals surface area contributed by atoms with Crippen molar-refractivity contribution in [3.8, 4) is 0 Å². The van der Waals surface area contributed by atoms with Crippen LogP contribution in [-0.2, 0) is 0 Å². The Morgan fingerprint density at radius 1 is 1.50 bits per heavy atom. The minimum atomic E-state index is 0.726. The van der Waals surface area contributed by atoms with Crippen LogP contribution in [-0.4, -0.2) is 9.36 Å². The largest absolute Gasteiger partial charge is 0.214 e. The van der Waals surface area contributed by atoms with Crippen LogP contribution in [0.15, 0.2) is 4.73 Å². The molecule has 1 fully saturated rings. The van der Waals surface area contributed by atoms with E-state index in [1.807, 2.05) is 0 Å². The first-order chi connectivity index (χ1) is 4.86. The molecule has 10 heavy (non-hydrogen) atoms. The van der Waals surface area contributed by atoms with E-state index in [0.29, 0.717) is 0 Å². The molecule has 0 spiro atoms. The molecule has 0 saturated heterocycles. The lowest BCUT2D eigenvalue weighted by Crippen LogP contribution is -2.07. The molecule has 0 amide bonds. The zero-order valence-electron chi connectivity index (χ0n) is 5.38. The van der Waals surface area contributed by atoms with Gasteiger partial charge < -0.3 is 0 Å². The summed E-state index contributed by atoms with van der Waals surface area (Å²) < 4.78 is 4.82. The van der Waals surface area contributed by atoms with E-state index >= 15 is 0 Å². The molecular formula is C6H7BrN2S. The number of hydrogen-bond acceptors (Lipinski definition) is 3. The molecule has 0 bridgehead atoms. The highest BCUT2D eigenvalue weighted by molar-refractivity contribution is 9.10. The zero-order chi connectivity index (χ0) is 6.97. The molecule has 0 radical (unpaired) electrons. The molecule has 1 saturated carbocycles. The van der Waals surface area contributed by atoms with Crippen molar-refractivity contribution < 1.29 is 0 Å². The summed E-state index contributed by atoms with van der Waals surface area (Å²) in [7, 11) is 0. The molecule has 1 heterocycles. The Balaban J connectivity index is 2.17. The number of aromatic nitrogens is 2. The Bertz CT molecular complexity index is 231. The number of nitrogens with zero attached hydrogens (tertiary/aromatic N) is 2. The Morgan fingerprint density at radius 2 is 2.30 bits per heavy atom. The molecule has 2 nitrogen and oxygen atoms in total. The van der Waals surface area contributed by atoms with E-state index in [0.717, 1.165) is 10.7 Å². The average molecular weight is 219 g/mol. The van der Waals surface area contributed by atoms with Gasteiger partial charge in [0.05, 0.1) is 0 Å². The second-order valence-corrected chi connectivity index (χ2v) is 4.02. The normalized spacial score (nSPS) is 18.9. The number of halogens is 1. The predicted octanol–water partition coefficient (Wildman–Crippen LogP) is 2.57. The van der Waals surface area contributed by atoms with Crippen molar-refractivity contribution in [3.63, 3.8) is 0 Å². The fourth-order valence-corrected chi connectivity index (χ4v) is 2.28. The van der Waals surface area contributed by atoms with Gasteiger partial charge in [0, 0.05) is 5.92 Å². The van der Waals surface area contributed by atoms with Crippen molar-refractivity contribution in [1.29, 1.82) is 0 Å². The van der Waals surface area contributed by atoms with Gasteiger partial charge in [-0.05, 0) is 40.3 Å². The Kier molecular flexibility index (Phi) is 1.74. The predicted molar refractivity (Wildman–Crippen MR) is 44.2 cm³/mol. The lowest BCUT2D eigenvalue weighted by molar-refractivity contribution is 0.418. The van der Waals surface area contributed by atoms with Gasteiger partial charge in [-0.1, -0.05) is 6.42 Å². The minimum absolute atomic E-state index is 0.726. The van der Waals surface area contributed by atoms with Crippen LogP contribution in [0, 0.1) is 0 Å². The van der Waals surface area contributed by atoms with Crippen LogP contribution in [0.4, 0.5) is 0 Å². The van der Waals surface area contributed by atoms with Crippen molar-refractivity contribution in [2.24, 2.45) is 0 Å². The molecule has 54 valence electrons. The Hall–Kier alpha value is 0.0400. The Labute approximate surface area is 72.0 Å². The molecule has 1 aliphatic rings. The van der Waals surface area contributed by atoms with Crippen molar-refractivity contribution in [1.82, 2.24) is 9.36 Å². The van der Waals surface area contributed by atoms with Gasteiger partial charge in [-0.25, -0.2) is 4.98 Å². The van der Waals surface area contributed by atoms with Crippen LogP contribution < -0.4 is 0 Å².